The van der Waals surface area contributed by atoms with Crippen molar-refractivity contribution in [3.8, 4) is 0 Å². The molecule has 0 amide bonds. The Hall–Kier alpha value is -3.80. The summed E-state index contributed by atoms with van der Waals surface area (Å²) in [6.07, 6.45) is 7.11. The van der Waals surface area contributed by atoms with Gasteiger partial charge in [0, 0.05) is 17.7 Å². The fourth-order valence-corrected chi connectivity index (χ4v) is 2.13. The zero-order chi connectivity index (χ0) is 18.9. The van der Waals surface area contributed by atoms with Crippen molar-refractivity contribution >= 4 is 24.1 Å². The molecule has 0 saturated carbocycles. The molecule has 0 aliphatic heterocycles. The van der Waals surface area contributed by atoms with Gasteiger partial charge in [-0.25, -0.2) is 9.59 Å². The topological polar surface area (TPSA) is 78.9 Å². The van der Waals surface area contributed by atoms with Crippen molar-refractivity contribution in [3.05, 3.63) is 96.4 Å². The lowest BCUT2D eigenvalue weighted by Gasteiger charge is -2.16. The molecule has 27 heavy (non-hydrogen) atoms. The first-order valence-electron chi connectivity index (χ1n) is 8.10. The van der Waals surface area contributed by atoms with Gasteiger partial charge in [-0.3, -0.25) is 0 Å². The third-order valence-electron chi connectivity index (χ3n) is 3.37. The minimum absolute atomic E-state index is 0.501. The Morgan fingerprint density at radius 1 is 0.741 bits per heavy atom. The summed E-state index contributed by atoms with van der Waals surface area (Å²) in [7, 11) is 0. The summed E-state index contributed by atoms with van der Waals surface area (Å²) in [5.74, 6) is -0.352. The van der Waals surface area contributed by atoms with Crippen LogP contribution in [0.1, 0.15) is 23.4 Å². The Morgan fingerprint density at radius 3 is 1.70 bits per heavy atom. The number of furan rings is 2. The highest BCUT2D eigenvalue weighted by molar-refractivity contribution is 5.88. The Balaban J connectivity index is 1.67. The van der Waals surface area contributed by atoms with Gasteiger partial charge in [-0.15, -0.1) is 0 Å². The number of carbonyl (C=O) groups excluding carboxylic acids is 2. The fourth-order valence-electron chi connectivity index (χ4n) is 2.13. The van der Waals surface area contributed by atoms with E-state index in [1.165, 1.54) is 36.8 Å². The quantitative estimate of drug-likeness (QED) is 0.352. The number of rotatable bonds is 7. The molecule has 2 heterocycles. The summed E-state index contributed by atoms with van der Waals surface area (Å²) < 4.78 is 20.8. The normalized spacial score (nSPS) is 11.3. The molecular weight excluding hydrogens is 348 g/mol. The fraction of sp³-hybridized carbons (Fsp3) is 0.0476. The predicted molar refractivity (Wildman–Crippen MR) is 96.9 cm³/mol. The van der Waals surface area contributed by atoms with Gasteiger partial charge in [0.2, 0.25) is 0 Å². The van der Waals surface area contributed by atoms with Crippen LogP contribution in [0, 0.1) is 0 Å². The maximum atomic E-state index is 12.1. The first-order chi connectivity index (χ1) is 13.2. The second-order valence-electron chi connectivity index (χ2n) is 5.31. The monoisotopic (exact) mass is 364 g/mol. The van der Waals surface area contributed by atoms with Crippen LogP contribution >= 0.6 is 0 Å². The van der Waals surface area contributed by atoms with E-state index < -0.39 is 18.2 Å². The lowest BCUT2D eigenvalue weighted by Crippen LogP contribution is -2.16. The third kappa shape index (κ3) is 5.61. The molecule has 3 rings (SSSR count). The molecule has 0 N–H and O–H groups in total. The molecule has 0 spiro atoms. The van der Waals surface area contributed by atoms with Crippen molar-refractivity contribution in [2.24, 2.45) is 0 Å². The van der Waals surface area contributed by atoms with Gasteiger partial charge in [0.25, 0.3) is 6.29 Å². The number of esters is 2. The van der Waals surface area contributed by atoms with Gasteiger partial charge in [0.1, 0.15) is 11.5 Å². The molecule has 0 bridgehead atoms. The van der Waals surface area contributed by atoms with Crippen molar-refractivity contribution in [1.82, 2.24) is 0 Å². The summed E-state index contributed by atoms with van der Waals surface area (Å²) in [5, 5.41) is 0. The lowest BCUT2D eigenvalue weighted by molar-refractivity contribution is -0.182. The molecule has 3 aromatic rings. The smallest absolute Gasteiger partial charge is 0.334 e. The van der Waals surface area contributed by atoms with Gasteiger partial charge in [0.05, 0.1) is 12.5 Å². The van der Waals surface area contributed by atoms with Crippen LogP contribution < -0.4 is 0 Å². The van der Waals surface area contributed by atoms with E-state index >= 15 is 0 Å². The third-order valence-corrected chi connectivity index (χ3v) is 3.37. The van der Waals surface area contributed by atoms with E-state index in [0.29, 0.717) is 17.1 Å². The molecule has 0 radical (unpaired) electrons. The summed E-state index contributed by atoms with van der Waals surface area (Å²) in [6.45, 7) is 0. The first kappa shape index (κ1) is 18.0. The van der Waals surface area contributed by atoms with E-state index in [4.69, 9.17) is 18.3 Å². The molecule has 0 atom stereocenters. The van der Waals surface area contributed by atoms with E-state index in [0.717, 1.165) is 0 Å². The largest absolute Gasteiger partial charge is 0.465 e. The van der Waals surface area contributed by atoms with Gasteiger partial charge in [-0.05, 0) is 36.4 Å². The van der Waals surface area contributed by atoms with E-state index in [9.17, 15) is 9.59 Å². The van der Waals surface area contributed by atoms with Crippen molar-refractivity contribution < 1.29 is 27.9 Å². The molecule has 0 aliphatic carbocycles. The average Bonchev–Trinajstić information content (AvgIpc) is 3.39. The van der Waals surface area contributed by atoms with Gasteiger partial charge in [-0.1, -0.05) is 30.3 Å². The van der Waals surface area contributed by atoms with E-state index in [1.54, 1.807) is 54.6 Å². The molecule has 2 aromatic heterocycles. The molecule has 0 unspecified atom stereocenters. The second kappa shape index (κ2) is 9.05. The van der Waals surface area contributed by atoms with Crippen molar-refractivity contribution in [2.45, 2.75) is 6.29 Å². The highest BCUT2D eigenvalue weighted by Gasteiger charge is 2.19. The van der Waals surface area contributed by atoms with E-state index in [-0.39, 0.29) is 0 Å². The maximum Gasteiger partial charge on any atom is 0.334 e. The Kier molecular flexibility index (Phi) is 6.04. The zero-order valence-electron chi connectivity index (χ0n) is 14.2. The van der Waals surface area contributed by atoms with Crippen LogP contribution in [0.4, 0.5) is 0 Å². The maximum absolute atomic E-state index is 12.1. The predicted octanol–water partition coefficient (Wildman–Crippen LogP) is 4.38. The number of benzene rings is 1. The number of carbonyl (C=O) groups is 2. The highest BCUT2D eigenvalue weighted by Crippen LogP contribution is 2.20. The minimum Gasteiger partial charge on any atom is -0.465 e. The van der Waals surface area contributed by atoms with Gasteiger partial charge in [-0.2, -0.15) is 0 Å². The standard InChI is InChI=1S/C21H16O6/c22-19(12-10-17-8-4-14-24-17)26-21(16-6-2-1-3-7-16)27-20(23)13-11-18-9-5-15-25-18/h1-15,21H/b12-10+,13-11+. The van der Waals surface area contributed by atoms with E-state index in [2.05, 4.69) is 0 Å². The molecule has 1 aromatic carbocycles. The molecule has 136 valence electrons. The minimum atomic E-state index is -1.19. The molecule has 0 aliphatic rings. The molecule has 6 heteroatoms. The number of hydrogen-bond donors (Lipinski definition) is 0. The molecule has 0 fully saturated rings. The lowest BCUT2D eigenvalue weighted by atomic mass is 10.2. The summed E-state index contributed by atoms with van der Waals surface area (Å²) >= 11 is 0. The summed E-state index contributed by atoms with van der Waals surface area (Å²) in [6, 6.07) is 15.5. The Morgan fingerprint density at radius 2 is 1.26 bits per heavy atom. The average molecular weight is 364 g/mol. The SMILES string of the molecule is O=C(/C=C/c1ccco1)OC(OC(=O)/C=C/c1ccco1)c1ccccc1. The van der Waals surface area contributed by atoms with Crippen molar-refractivity contribution in [2.75, 3.05) is 0 Å². The van der Waals surface area contributed by atoms with Crippen molar-refractivity contribution in [3.63, 3.8) is 0 Å². The molecule has 0 saturated heterocycles. The van der Waals surface area contributed by atoms with Crippen LogP contribution in [0.3, 0.4) is 0 Å². The Labute approximate surface area is 155 Å². The Bertz CT molecular complexity index is 847. The number of ether oxygens (including phenoxy) is 2. The van der Waals surface area contributed by atoms with Crippen LogP contribution in [0.25, 0.3) is 12.2 Å². The summed E-state index contributed by atoms with van der Waals surface area (Å²) in [4.78, 5) is 24.1. The van der Waals surface area contributed by atoms with Crippen LogP contribution in [0.5, 0.6) is 0 Å². The second-order valence-corrected chi connectivity index (χ2v) is 5.31. The van der Waals surface area contributed by atoms with E-state index in [1.807, 2.05) is 0 Å². The summed E-state index contributed by atoms with van der Waals surface area (Å²) in [5.41, 5.74) is 0.525. The zero-order valence-corrected chi connectivity index (χ0v) is 14.2. The highest BCUT2D eigenvalue weighted by atomic mass is 16.7. The van der Waals surface area contributed by atoms with Crippen LogP contribution in [-0.4, -0.2) is 11.9 Å². The first-order valence-corrected chi connectivity index (χ1v) is 8.10. The molecular formula is C21H16O6. The number of hydrogen-bond acceptors (Lipinski definition) is 6. The van der Waals surface area contributed by atoms with Gasteiger partial charge < -0.3 is 18.3 Å². The van der Waals surface area contributed by atoms with Crippen molar-refractivity contribution in [1.29, 1.82) is 0 Å². The van der Waals surface area contributed by atoms with Gasteiger partial charge in [0.15, 0.2) is 0 Å². The van der Waals surface area contributed by atoms with Crippen LogP contribution in [0.2, 0.25) is 0 Å². The van der Waals surface area contributed by atoms with Crippen LogP contribution in [0.15, 0.2) is 88.1 Å². The van der Waals surface area contributed by atoms with Crippen LogP contribution in [-0.2, 0) is 19.1 Å². The molecule has 6 nitrogen and oxygen atoms in total. The van der Waals surface area contributed by atoms with Gasteiger partial charge >= 0.3 is 11.9 Å².